The van der Waals surface area contributed by atoms with Crippen LogP contribution in [0.2, 0.25) is 0 Å². The van der Waals surface area contributed by atoms with Crippen molar-refractivity contribution in [3.8, 4) is 22.8 Å². The minimum absolute atomic E-state index is 0.00904. The van der Waals surface area contributed by atoms with E-state index in [1.807, 2.05) is 29.2 Å². The summed E-state index contributed by atoms with van der Waals surface area (Å²) in [6.45, 7) is 6.85. The van der Waals surface area contributed by atoms with Gasteiger partial charge in [0.1, 0.15) is 12.3 Å². The standard InChI is InChI=1S/C25H27N3O5/c1-17-4-3-5-21(10-17)28-9-8-27(13-18(28)2)25(29)15-30-14-20-12-23(33-26-20)19-6-7-22-24(11-19)32-16-31-22/h3-7,10-12,18H,8-9,13-16H2,1-2H3/t18-/m1/s1. The van der Waals surface area contributed by atoms with Gasteiger partial charge in [0.25, 0.3) is 0 Å². The first-order chi connectivity index (χ1) is 16.1. The number of ether oxygens (including phenoxy) is 3. The van der Waals surface area contributed by atoms with Gasteiger partial charge in [-0.25, -0.2) is 0 Å². The zero-order valence-corrected chi connectivity index (χ0v) is 18.8. The molecule has 0 bridgehead atoms. The molecule has 1 amide bonds. The molecule has 1 aromatic heterocycles. The number of carbonyl (C=O) groups is 1. The van der Waals surface area contributed by atoms with E-state index in [4.69, 9.17) is 18.7 Å². The smallest absolute Gasteiger partial charge is 0.248 e. The molecule has 2 aromatic carbocycles. The van der Waals surface area contributed by atoms with Crippen molar-refractivity contribution in [1.82, 2.24) is 10.1 Å². The normalized spacial score (nSPS) is 17.5. The highest BCUT2D eigenvalue weighted by Gasteiger charge is 2.27. The fourth-order valence-corrected chi connectivity index (χ4v) is 4.27. The second-order valence-corrected chi connectivity index (χ2v) is 8.46. The largest absolute Gasteiger partial charge is 0.454 e. The summed E-state index contributed by atoms with van der Waals surface area (Å²) in [6.07, 6.45) is 0. The second-order valence-electron chi connectivity index (χ2n) is 8.46. The molecule has 3 aromatic rings. The van der Waals surface area contributed by atoms with Gasteiger partial charge >= 0.3 is 0 Å². The Morgan fingerprint density at radius 2 is 2.00 bits per heavy atom. The summed E-state index contributed by atoms with van der Waals surface area (Å²) < 4.78 is 21.8. The number of nitrogens with zero attached hydrogens (tertiary/aromatic N) is 3. The number of aryl methyl sites for hydroxylation is 1. The highest BCUT2D eigenvalue weighted by molar-refractivity contribution is 5.78. The minimum Gasteiger partial charge on any atom is -0.454 e. The second kappa shape index (κ2) is 9.15. The van der Waals surface area contributed by atoms with Crippen molar-refractivity contribution in [2.45, 2.75) is 26.5 Å². The maximum atomic E-state index is 12.7. The predicted octanol–water partition coefficient (Wildman–Crippen LogP) is 3.63. The molecule has 172 valence electrons. The predicted molar refractivity (Wildman–Crippen MR) is 122 cm³/mol. The SMILES string of the molecule is Cc1cccc(N2CCN(C(=O)COCc3cc(-c4ccc5c(c4)OCO5)on3)C[C@H]2C)c1. The van der Waals surface area contributed by atoms with Crippen LogP contribution < -0.4 is 14.4 Å². The zero-order chi connectivity index (χ0) is 22.8. The number of aromatic nitrogens is 1. The van der Waals surface area contributed by atoms with Crippen molar-refractivity contribution < 1.29 is 23.5 Å². The Bertz CT molecular complexity index is 1140. The van der Waals surface area contributed by atoms with Crippen molar-refractivity contribution in [1.29, 1.82) is 0 Å². The molecule has 0 radical (unpaired) electrons. The Labute approximate surface area is 192 Å². The molecule has 0 spiro atoms. The van der Waals surface area contributed by atoms with Crippen LogP contribution in [-0.2, 0) is 16.1 Å². The number of hydrogen-bond acceptors (Lipinski definition) is 7. The van der Waals surface area contributed by atoms with Gasteiger partial charge in [-0.05, 0) is 49.7 Å². The van der Waals surface area contributed by atoms with Crippen molar-refractivity contribution in [2.75, 3.05) is 37.9 Å². The van der Waals surface area contributed by atoms with E-state index in [1.165, 1.54) is 11.3 Å². The van der Waals surface area contributed by atoms with E-state index in [0.717, 1.165) is 17.9 Å². The summed E-state index contributed by atoms with van der Waals surface area (Å²) in [5.74, 6) is 2.00. The quantitative estimate of drug-likeness (QED) is 0.569. The van der Waals surface area contributed by atoms with Crippen molar-refractivity contribution in [3.63, 3.8) is 0 Å². The Balaban J connectivity index is 1.11. The van der Waals surface area contributed by atoms with Crippen molar-refractivity contribution >= 4 is 11.6 Å². The third-order valence-corrected chi connectivity index (χ3v) is 6.01. The highest BCUT2D eigenvalue weighted by Crippen LogP contribution is 2.36. The van der Waals surface area contributed by atoms with E-state index in [0.29, 0.717) is 30.3 Å². The van der Waals surface area contributed by atoms with E-state index >= 15 is 0 Å². The summed E-state index contributed by atoms with van der Waals surface area (Å²) in [5, 5.41) is 4.05. The molecule has 0 unspecified atom stereocenters. The lowest BCUT2D eigenvalue weighted by Gasteiger charge is -2.41. The fraction of sp³-hybridized carbons (Fsp3) is 0.360. The van der Waals surface area contributed by atoms with Gasteiger partial charge in [0.05, 0.1) is 6.61 Å². The number of anilines is 1. The van der Waals surface area contributed by atoms with Gasteiger partial charge in [-0.1, -0.05) is 17.3 Å². The van der Waals surface area contributed by atoms with Crippen LogP contribution in [0.25, 0.3) is 11.3 Å². The van der Waals surface area contributed by atoms with Crippen molar-refractivity contribution in [3.05, 3.63) is 59.8 Å². The summed E-state index contributed by atoms with van der Waals surface area (Å²) in [7, 11) is 0. The Hall–Kier alpha value is -3.52. The lowest BCUT2D eigenvalue weighted by Crippen LogP contribution is -2.54. The lowest BCUT2D eigenvalue weighted by atomic mass is 10.1. The minimum atomic E-state index is -0.00904. The fourth-order valence-electron chi connectivity index (χ4n) is 4.27. The molecule has 0 saturated carbocycles. The van der Waals surface area contributed by atoms with Crippen LogP contribution >= 0.6 is 0 Å². The zero-order valence-electron chi connectivity index (χ0n) is 18.8. The third-order valence-electron chi connectivity index (χ3n) is 6.01. The maximum absolute atomic E-state index is 12.7. The molecule has 2 aliphatic rings. The molecule has 8 heteroatoms. The summed E-state index contributed by atoms with van der Waals surface area (Å²) in [6, 6.07) is 16.1. The van der Waals surface area contributed by atoms with Gasteiger partial charge < -0.3 is 28.5 Å². The number of benzene rings is 2. The van der Waals surface area contributed by atoms with Crippen LogP contribution in [0.4, 0.5) is 5.69 Å². The molecule has 0 aliphatic carbocycles. The molecule has 3 heterocycles. The van der Waals surface area contributed by atoms with Gasteiger partial charge in [0.15, 0.2) is 17.3 Å². The molecule has 1 atom stereocenters. The van der Waals surface area contributed by atoms with Crippen molar-refractivity contribution in [2.24, 2.45) is 0 Å². The molecule has 5 rings (SSSR count). The third kappa shape index (κ3) is 4.66. The molecule has 2 aliphatic heterocycles. The molecule has 0 N–H and O–H groups in total. The maximum Gasteiger partial charge on any atom is 0.248 e. The van der Waals surface area contributed by atoms with Crippen LogP contribution in [0.1, 0.15) is 18.2 Å². The number of hydrogen-bond donors (Lipinski definition) is 0. The number of rotatable bonds is 6. The molecule has 33 heavy (non-hydrogen) atoms. The van der Waals surface area contributed by atoms with E-state index in [1.54, 1.807) is 0 Å². The molecule has 1 fully saturated rings. The average Bonchev–Trinajstić information content (AvgIpc) is 3.48. The number of piperazine rings is 1. The van der Waals surface area contributed by atoms with Gasteiger partial charge in [-0.2, -0.15) is 0 Å². The van der Waals surface area contributed by atoms with Crippen LogP contribution in [-0.4, -0.2) is 55.0 Å². The van der Waals surface area contributed by atoms with Crippen LogP contribution in [0, 0.1) is 6.92 Å². The highest BCUT2D eigenvalue weighted by atomic mass is 16.7. The van der Waals surface area contributed by atoms with Crippen LogP contribution in [0.3, 0.4) is 0 Å². The Kier molecular flexibility index (Phi) is 5.92. The first-order valence-electron chi connectivity index (χ1n) is 11.1. The number of carbonyl (C=O) groups excluding carboxylic acids is 1. The van der Waals surface area contributed by atoms with Gasteiger partial charge in [-0.15, -0.1) is 0 Å². The summed E-state index contributed by atoms with van der Waals surface area (Å²) in [5.41, 5.74) is 3.92. The van der Waals surface area contributed by atoms with Crippen LogP contribution in [0.5, 0.6) is 11.5 Å². The first kappa shape index (κ1) is 21.3. The van der Waals surface area contributed by atoms with E-state index in [2.05, 4.69) is 48.2 Å². The lowest BCUT2D eigenvalue weighted by molar-refractivity contribution is -0.137. The molecule has 8 nitrogen and oxygen atoms in total. The monoisotopic (exact) mass is 449 g/mol. The van der Waals surface area contributed by atoms with E-state index < -0.39 is 0 Å². The first-order valence-corrected chi connectivity index (χ1v) is 11.1. The van der Waals surface area contributed by atoms with E-state index in [9.17, 15) is 4.79 Å². The molecule has 1 saturated heterocycles. The van der Waals surface area contributed by atoms with Gasteiger partial charge in [0.2, 0.25) is 12.7 Å². The Morgan fingerprint density at radius 1 is 1.12 bits per heavy atom. The number of amides is 1. The summed E-state index contributed by atoms with van der Waals surface area (Å²) in [4.78, 5) is 16.9. The van der Waals surface area contributed by atoms with Crippen LogP contribution in [0.15, 0.2) is 53.1 Å². The topological polar surface area (TPSA) is 77.3 Å². The van der Waals surface area contributed by atoms with Gasteiger partial charge in [-0.3, -0.25) is 4.79 Å². The molecular formula is C25H27N3O5. The Morgan fingerprint density at radius 3 is 2.85 bits per heavy atom. The van der Waals surface area contributed by atoms with Gasteiger partial charge in [0, 0.05) is 43.0 Å². The molecular weight excluding hydrogens is 422 g/mol. The summed E-state index contributed by atoms with van der Waals surface area (Å²) >= 11 is 0. The average molecular weight is 450 g/mol. The van der Waals surface area contributed by atoms with E-state index in [-0.39, 0.29) is 32.0 Å². The number of fused-ring (bicyclic) bond motifs is 1.